The van der Waals surface area contributed by atoms with Crippen LogP contribution in [-0.4, -0.2) is 20.1 Å². The van der Waals surface area contributed by atoms with Gasteiger partial charge in [-0.2, -0.15) is 0 Å². The van der Waals surface area contributed by atoms with Crippen molar-refractivity contribution in [3.63, 3.8) is 0 Å². The standard InChI is InChI=1S/C20H31O3Si/c1-19(2,3)15-11-10-14(18(21)22)17(23-24(5)6)16(15)20(4)12-8-7-9-13-20/h10-11H,7-9,12-13H2,1-6H3,(H,21,22). The molecule has 0 saturated heterocycles. The van der Waals surface area contributed by atoms with Gasteiger partial charge in [0.05, 0.1) is 0 Å². The van der Waals surface area contributed by atoms with E-state index in [0.717, 1.165) is 18.4 Å². The summed E-state index contributed by atoms with van der Waals surface area (Å²) in [7, 11) is -1.05. The Morgan fingerprint density at radius 2 is 1.75 bits per heavy atom. The lowest BCUT2D eigenvalue weighted by Gasteiger charge is -2.40. The van der Waals surface area contributed by atoms with E-state index in [4.69, 9.17) is 4.43 Å². The van der Waals surface area contributed by atoms with Gasteiger partial charge in [0.2, 0.25) is 0 Å². The van der Waals surface area contributed by atoms with E-state index >= 15 is 0 Å². The SMILES string of the molecule is C[Si](C)Oc1c(C(=O)O)ccc(C(C)(C)C)c1C1(C)CCCCC1. The first kappa shape index (κ1) is 19.0. The molecule has 0 aliphatic heterocycles. The first-order chi connectivity index (χ1) is 11.1. The Bertz CT molecular complexity index is 608. The van der Waals surface area contributed by atoms with E-state index < -0.39 is 15.0 Å². The van der Waals surface area contributed by atoms with Crippen molar-refractivity contribution in [2.45, 2.75) is 83.7 Å². The van der Waals surface area contributed by atoms with E-state index in [1.54, 1.807) is 6.07 Å². The minimum Gasteiger partial charge on any atom is -0.542 e. The Hall–Kier alpha value is -1.29. The van der Waals surface area contributed by atoms with Crippen LogP contribution in [0.25, 0.3) is 0 Å². The minimum absolute atomic E-state index is 0.00102. The third-order valence-electron chi connectivity index (χ3n) is 5.06. The summed E-state index contributed by atoms with van der Waals surface area (Å²) in [5.41, 5.74) is 2.66. The van der Waals surface area contributed by atoms with Crippen LogP contribution in [-0.2, 0) is 10.8 Å². The van der Waals surface area contributed by atoms with Crippen molar-refractivity contribution >= 4 is 15.0 Å². The zero-order chi connectivity index (χ0) is 18.1. The molecule has 133 valence electrons. The van der Waals surface area contributed by atoms with Gasteiger partial charge in [-0.05, 0) is 48.4 Å². The lowest BCUT2D eigenvalue weighted by atomic mass is 9.66. The molecule has 24 heavy (non-hydrogen) atoms. The normalized spacial score (nSPS) is 17.8. The van der Waals surface area contributed by atoms with Gasteiger partial charge in [-0.15, -0.1) is 0 Å². The maximum atomic E-state index is 11.8. The lowest BCUT2D eigenvalue weighted by Crippen LogP contribution is -2.32. The maximum Gasteiger partial charge on any atom is 0.339 e. The summed E-state index contributed by atoms with van der Waals surface area (Å²) in [5.74, 6) is -0.257. The summed E-state index contributed by atoms with van der Waals surface area (Å²) in [6.45, 7) is 13.0. The molecule has 0 amide bonds. The number of carbonyl (C=O) groups is 1. The van der Waals surface area contributed by atoms with Crippen molar-refractivity contribution in [3.8, 4) is 5.75 Å². The fraction of sp³-hybridized carbons (Fsp3) is 0.650. The van der Waals surface area contributed by atoms with E-state index in [0.29, 0.717) is 11.3 Å². The van der Waals surface area contributed by atoms with E-state index in [1.807, 2.05) is 6.07 Å². The lowest BCUT2D eigenvalue weighted by molar-refractivity contribution is 0.0694. The first-order valence-electron chi connectivity index (χ1n) is 8.95. The molecular formula is C20H31O3Si. The molecule has 1 radical (unpaired) electrons. The molecule has 0 bridgehead atoms. The number of rotatable bonds is 4. The Labute approximate surface area is 148 Å². The quantitative estimate of drug-likeness (QED) is 0.728. The van der Waals surface area contributed by atoms with Crippen LogP contribution < -0.4 is 4.43 Å². The summed E-state index contributed by atoms with van der Waals surface area (Å²) < 4.78 is 6.21. The number of hydrogen-bond acceptors (Lipinski definition) is 2. The number of benzene rings is 1. The number of aromatic carboxylic acids is 1. The second-order valence-electron chi connectivity index (χ2n) is 8.55. The predicted octanol–water partition coefficient (Wildman–Crippen LogP) is 5.53. The second kappa shape index (κ2) is 6.91. The molecule has 4 heteroatoms. The Kier molecular flexibility index (Phi) is 5.48. The average Bonchev–Trinajstić information content (AvgIpc) is 2.45. The van der Waals surface area contributed by atoms with Crippen LogP contribution in [0.1, 0.15) is 81.3 Å². The van der Waals surface area contributed by atoms with Crippen LogP contribution in [0.3, 0.4) is 0 Å². The zero-order valence-corrected chi connectivity index (χ0v) is 17.0. The molecule has 0 unspecified atom stereocenters. The third kappa shape index (κ3) is 3.85. The highest BCUT2D eigenvalue weighted by Gasteiger charge is 2.38. The van der Waals surface area contributed by atoms with Crippen molar-refractivity contribution in [2.24, 2.45) is 0 Å². The van der Waals surface area contributed by atoms with Gasteiger partial charge >= 0.3 is 5.97 Å². The van der Waals surface area contributed by atoms with E-state index in [2.05, 4.69) is 40.8 Å². The van der Waals surface area contributed by atoms with E-state index in [1.165, 1.54) is 24.8 Å². The molecule has 1 aliphatic carbocycles. The largest absolute Gasteiger partial charge is 0.542 e. The molecular weight excluding hydrogens is 316 g/mol. The maximum absolute atomic E-state index is 11.8. The topological polar surface area (TPSA) is 46.5 Å². The highest BCUT2D eigenvalue weighted by Crippen LogP contribution is 2.48. The van der Waals surface area contributed by atoms with Crippen LogP contribution in [0.4, 0.5) is 0 Å². The fourth-order valence-electron chi connectivity index (χ4n) is 3.87. The van der Waals surface area contributed by atoms with Crippen LogP contribution >= 0.6 is 0 Å². The minimum atomic E-state index is -1.05. The molecule has 1 aromatic carbocycles. The Morgan fingerprint density at radius 3 is 2.21 bits per heavy atom. The second-order valence-corrected chi connectivity index (χ2v) is 10.6. The van der Waals surface area contributed by atoms with E-state index in [9.17, 15) is 9.90 Å². The van der Waals surface area contributed by atoms with Crippen molar-refractivity contribution in [1.29, 1.82) is 0 Å². The van der Waals surface area contributed by atoms with Gasteiger partial charge in [0.25, 0.3) is 9.04 Å². The number of carboxylic acid groups (broad SMARTS) is 1. The van der Waals surface area contributed by atoms with Crippen LogP contribution in [0.5, 0.6) is 5.75 Å². The van der Waals surface area contributed by atoms with Crippen molar-refractivity contribution in [3.05, 3.63) is 28.8 Å². The molecule has 0 spiro atoms. The third-order valence-corrected chi connectivity index (χ3v) is 5.68. The molecule has 1 saturated carbocycles. The van der Waals surface area contributed by atoms with Crippen LogP contribution in [0.2, 0.25) is 13.1 Å². The molecule has 1 aromatic rings. The molecule has 0 atom stereocenters. The van der Waals surface area contributed by atoms with Gasteiger partial charge in [-0.1, -0.05) is 53.0 Å². The Morgan fingerprint density at radius 1 is 1.17 bits per heavy atom. The average molecular weight is 348 g/mol. The molecule has 2 rings (SSSR count). The van der Waals surface area contributed by atoms with Crippen molar-refractivity contribution < 1.29 is 14.3 Å². The van der Waals surface area contributed by atoms with E-state index in [-0.39, 0.29) is 10.8 Å². The molecule has 0 heterocycles. The van der Waals surface area contributed by atoms with Gasteiger partial charge in [0, 0.05) is 5.56 Å². The number of hydrogen-bond donors (Lipinski definition) is 1. The van der Waals surface area contributed by atoms with Crippen molar-refractivity contribution in [1.82, 2.24) is 0 Å². The monoisotopic (exact) mass is 347 g/mol. The van der Waals surface area contributed by atoms with Gasteiger partial charge in [0.1, 0.15) is 11.3 Å². The molecule has 1 fully saturated rings. The molecule has 1 aliphatic rings. The summed E-state index contributed by atoms with van der Waals surface area (Å²) in [6, 6.07) is 3.75. The highest BCUT2D eigenvalue weighted by atomic mass is 28.3. The van der Waals surface area contributed by atoms with Crippen LogP contribution in [0.15, 0.2) is 12.1 Å². The van der Waals surface area contributed by atoms with Gasteiger partial charge in [-0.25, -0.2) is 4.79 Å². The molecule has 1 N–H and O–H groups in total. The Balaban J connectivity index is 2.78. The first-order valence-corrected chi connectivity index (χ1v) is 11.4. The molecule has 3 nitrogen and oxygen atoms in total. The van der Waals surface area contributed by atoms with Crippen LogP contribution in [0, 0.1) is 0 Å². The molecule has 0 aromatic heterocycles. The highest BCUT2D eigenvalue weighted by molar-refractivity contribution is 6.49. The van der Waals surface area contributed by atoms with Gasteiger partial charge in [0.15, 0.2) is 0 Å². The summed E-state index contributed by atoms with van der Waals surface area (Å²) in [5, 5.41) is 9.71. The summed E-state index contributed by atoms with van der Waals surface area (Å²) >= 11 is 0. The summed E-state index contributed by atoms with van der Waals surface area (Å²) in [4.78, 5) is 11.8. The van der Waals surface area contributed by atoms with Gasteiger partial charge in [-0.3, -0.25) is 0 Å². The number of carboxylic acids is 1. The predicted molar refractivity (Wildman–Crippen MR) is 101 cm³/mol. The van der Waals surface area contributed by atoms with Gasteiger partial charge < -0.3 is 9.53 Å². The fourth-order valence-corrected chi connectivity index (χ4v) is 4.49. The summed E-state index contributed by atoms with van der Waals surface area (Å²) in [6.07, 6.45) is 5.88. The van der Waals surface area contributed by atoms with Crippen molar-refractivity contribution in [2.75, 3.05) is 0 Å². The zero-order valence-electron chi connectivity index (χ0n) is 16.0. The smallest absolute Gasteiger partial charge is 0.339 e.